The molecule has 0 fully saturated rings. The van der Waals surface area contributed by atoms with E-state index < -0.39 is 0 Å². The number of nitriles is 1. The van der Waals surface area contributed by atoms with Crippen molar-refractivity contribution in [1.29, 1.82) is 5.26 Å². The molecule has 2 aromatic carbocycles. The molecule has 0 spiro atoms. The van der Waals surface area contributed by atoms with Gasteiger partial charge in [0.15, 0.2) is 0 Å². The normalized spacial score (nSPS) is 11.0. The molecule has 4 nitrogen and oxygen atoms in total. The summed E-state index contributed by atoms with van der Waals surface area (Å²) < 4.78 is 19.1. The van der Waals surface area contributed by atoms with Gasteiger partial charge in [-0.15, -0.1) is 11.3 Å². The van der Waals surface area contributed by atoms with Crippen LogP contribution < -0.4 is 10.1 Å². The van der Waals surface area contributed by atoms with Crippen LogP contribution in [0.5, 0.6) is 5.75 Å². The molecule has 1 heterocycles. The molecule has 0 saturated carbocycles. The van der Waals surface area contributed by atoms with Gasteiger partial charge in [-0.05, 0) is 43.3 Å². The number of nitrogens with zero attached hydrogens (tertiary/aromatic N) is 2. The number of anilines is 1. The molecule has 0 aliphatic heterocycles. The van der Waals surface area contributed by atoms with E-state index in [1.165, 1.54) is 23.6 Å². The lowest BCUT2D eigenvalue weighted by atomic mass is 10.2. The average Bonchev–Trinajstić information content (AvgIpc) is 3.14. The van der Waals surface area contributed by atoms with E-state index in [2.05, 4.69) is 16.4 Å². The second kappa shape index (κ2) is 8.28. The molecule has 0 aliphatic carbocycles. The smallest absolute Gasteiger partial charge is 0.146 e. The molecule has 0 amide bonds. The lowest BCUT2D eigenvalue weighted by Crippen LogP contribution is -1.93. The van der Waals surface area contributed by atoms with Crippen molar-refractivity contribution in [3.05, 3.63) is 70.9 Å². The molecule has 3 rings (SSSR count). The fraction of sp³-hybridized carbons (Fsp3) is 0.100. The van der Waals surface area contributed by atoms with Crippen molar-refractivity contribution in [2.24, 2.45) is 0 Å². The Kier molecular flexibility index (Phi) is 5.62. The Morgan fingerprint density at radius 1 is 1.27 bits per heavy atom. The minimum atomic E-state index is -0.379. The Labute approximate surface area is 155 Å². The highest BCUT2D eigenvalue weighted by molar-refractivity contribution is 7.11. The van der Waals surface area contributed by atoms with Gasteiger partial charge in [0.05, 0.1) is 18.0 Å². The van der Waals surface area contributed by atoms with Gasteiger partial charge in [-0.2, -0.15) is 5.26 Å². The van der Waals surface area contributed by atoms with Crippen LogP contribution in [0.4, 0.5) is 10.1 Å². The number of hydrogen-bond acceptors (Lipinski definition) is 5. The van der Waals surface area contributed by atoms with Crippen LogP contribution in [-0.2, 0) is 0 Å². The summed E-state index contributed by atoms with van der Waals surface area (Å²) in [5.74, 6) is 0.425. The van der Waals surface area contributed by atoms with Crippen LogP contribution >= 0.6 is 11.3 Å². The molecule has 0 atom stereocenters. The monoisotopic (exact) mass is 365 g/mol. The van der Waals surface area contributed by atoms with Crippen molar-refractivity contribution in [2.45, 2.75) is 6.92 Å². The molecule has 26 heavy (non-hydrogen) atoms. The third-order valence-corrected chi connectivity index (χ3v) is 4.44. The van der Waals surface area contributed by atoms with E-state index in [1.54, 1.807) is 18.2 Å². The zero-order valence-corrected chi connectivity index (χ0v) is 14.9. The zero-order valence-electron chi connectivity index (χ0n) is 14.1. The average molecular weight is 365 g/mol. The van der Waals surface area contributed by atoms with Crippen LogP contribution in [0, 0.1) is 17.1 Å². The summed E-state index contributed by atoms with van der Waals surface area (Å²) >= 11 is 1.36. The molecule has 0 unspecified atom stereocenters. The molecule has 0 saturated heterocycles. The highest BCUT2D eigenvalue weighted by Gasteiger charge is 2.09. The molecule has 1 aromatic heterocycles. The van der Waals surface area contributed by atoms with E-state index in [4.69, 9.17) is 4.74 Å². The number of allylic oxidation sites excluding steroid dienone is 1. The van der Waals surface area contributed by atoms with Crippen molar-refractivity contribution < 1.29 is 9.13 Å². The number of halogens is 1. The maximum atomic E-state index is 13.7. The van der Waals surface area contributed by atoms with Gasteiger partial charge in [-0.25, -0.2) is 9.37 Å². The van der Waals surface area contributed by atoms with E-state index >= 15 is 0 Å². The van der Waals surface area contributed by atoms with Gasteiger partial charge in [0.25, 0.3) is 0 Å². The van der Waals surface area contributed by atoms with Crippen LogP contribution in [0.25, 0.3) is 16.8 Å². The van der Waals surface area contributed by atoms with E-state index in [0.717, 1.165) is 17.0 Å². The minimum absolute atomic E-state index is 0.309. The molecular formula is C20H16FN3OS. The number of ether oxygens (including phenoxy) is 1. The summed E-state index contributed by atoms with van der Waals surface area (Å²) in [6, 6.07) is 16.0. The summed E-state index contributed by atoms with van der Waals surface area (Å²) in [6.45, 7) is 2.55. The van der Waals surface area contributed by atoms with Crippen molar-refractivity contribution in [3.8, 4) is 23.1 Å². The van der Waals surface area contributed by atoms with Gasteiger partial charge in [0.2, 0.25) is 0 Å². The van der Waals surface area contributed by atoms with Gasteiger partial charge in [0.1, 0.15) is 28.2 Å². The number of nitrogens with one attached hydrogen (secondary N) is 1. The van der Waals surface area contributed by atoms with Crippen molar-refractivity contribution >= 4 is 22.6 Å². The molecule has 0 aliphatic rings. The predicted molar refractivity (Wildman–Crippen MR) is 102 cm³/mol. The molecule has 0 radical (unpaired) electrons. The van der Waals surface area contributed by atoms with Crippen molar-refractivity contribution in [1.82, 2.24) is 4.98 Å². The van der Waals surface area contributed by atoms with Gasteiger partial charge >= 0.3 is 0 Å². The van der Waals surface area contributed by atoms with Crippen LogP contribution in [-0.4, -0.2) is 11.6 Å². The summed E-state index contributed by atoms with van der Waals surface area (Å²) in [5.41, 5.74) is 2.37. The summed E-state index contributed by atoms with van der Waals surface area (Å²) in [4.78, 5) is 4.52. The van der Waals surface area contributed by atoms with Crippen LogP contribution in [0.2, 0.25) is 0 Å². The van der Waals surface area contributed by atoms with E-state index in [9.17, 15) is 9.65 Å². The first kappa shape index (κ1) is 17.6. The first-order valence-corrected chi connectivity index (χ1v) is 8.89. The Morgan fingerprint density at radius 3 is 2.73 bits per heavy atom. The SMILES string of the molecule is CCOc1ccc(-c2csc(C(C#N)=CNc3ccccc3F)n2)cc1. The predicted octanol–water partition coefficient (Wildman–Crippen LogP) is 5.32. The maximum absolute atomic E-state index is 13.7. The topological polar surface area (TPSA) is 57.9 Å². The third-order valence-electron chi connectivity index (χ3n) is 3.56. The quantitative estimate of drug-likeness (QED) is 0.600. The summed E-state index contributed by atoms with van der Waals surface area (Å²) in [6.07, 6.45) is 1.47. The summed E-state index contributed by atoms with van der Waals surface area (Å²) in [7, 11) is 0. The Bertz CT molecular complexity index is 958. The third kappa shape index (κ3) is 4.08. The fourth-order valence-electron chi connectivity index (χ4n) is 2.29. The van der Waals surface area contributed by atoms with Crippen LogP contribution in [0.3, 0.4) is 0 Å². The van der Waals surface area contributed by atoms with Crippen LogP contribution in [0.15, 0.2) is 60.1 Å². The molecule has 6 heteroatoms. The fourth-order valence-corrected chi connectivity index (χ4v) is 3.08. The van der Waals surface area contributed by atoms with Gasteiger partial charge in [-0.1, -0.05) is 12.1 Å². The second-order valence-electron chi connectivity index (χ2n) is 5.29. The second-order valence-corrected chi connectivity index (χ2v) is 6.15. The van der Waals surface area contributed by atoms with E-state index in [-0.39, 0.29) is 5.82 Å². The molecular weight excluding hydrogens is 349 g/mol. The maximum Gasteiger partial charge on any atom is 0.146 e. The lowest BCUT2D eigenvalue weighted by Gasteiger charge is -2.03. The number of para-hydroxylation sites is 1. The van der Waals surface area contributed by atoms with E-state index in [0.29, 0.717) is 22.9 Å². The first-order valence-electron chi connectivity index (χ1n) is 8.01. The highest BCUT2D eigenvalue weighted by atomic mass is 32.1. The number of rotatable bonds is 6. The summed E-state index contributed by atoms with van der Waals surface area (Å²) in [5, 5.41) is 14.7. The molecule has 0 bridgehead atoms. The van der Waals surface area contributed by atoms with Gasteiger partial charge in [-0.3, -0.25) is 0 Å². The van der Waals surface area contributed by atoms with Crippen molar-refractivity contribution in [3.63, 3.8) is 0 Å². The Morgan fingerprint density at radius 2 is 2.04 bits per heavy atom. The first-order chi connectivity index (χ1) is 12.7. The number of thiazole rings is 1. The van der Waals surface area contributed by atoms with Crippen molar-refractivity contribution in [2.75, 3.05) is 11.9 Å². The zero-order chi connectivity index (χ0) is 18.4. The largest absolute Gasteiger partial charge is 0.494 e. The minimum Gasteiger partial charge on any atom is -0.494 e. The Hall–Kier alpha value is -3.17. The van der Waals surface area contributed by atoms with Gasteiger partial charge < -0.3 is 10.1 Å². The number of benzene rings is 2. The number of aromatic nitrogens is 1. The number of hydrogen-bond donors (Lipinski definition) is 1. The molecule has 130 valence electrons. The molecule has 1 N–H and O–H groups in total. The standard InChI is InChI=1S/C20H16FN3OS/c1-2-25-16-9-7-14(8-10-16)19-13-26-20(24-19)15(11-22)12-23-18-6-4-3-5-17(18)21/h3-10,12-13,23H,2H2,1H3. The Balaban J connectivity index is 1.79. The van der Waals surface area contributed by atoms with Crippen LogP contribution in [0.1, 0.15) is 11.9 Å². The molecule has 3 aromatic rings. The van der Waals surface area contributed by atoms with Gasteiger partial charge in [0, 0.05) is 17.1 Å². The lowest BCUT2D eigenvalue weighted by molar-refractivity contribution is 0.340. The highest BCUT2D eigenvalue weighted by Crippen LogP contribution is 2.27. The van der Waals surface area contributed by atoms with E-state index in [1.807, 2.05) is 36.6 Å².